The van der Waals surface area contributed by atoms with E-state index in [-0.39, 0.29) is 0 Å². The number of hydrogen-bond acceptors (Lipinski definition) is 3. The van der Waals surface area contributed by atoms with Gasteiger partial charge in [0.1, 0.15) is 0 Å². The summed E-state index contributed by atoms with van der Waals surface area (Å²) < 4.78 is 230. The van der Waals surface area contributed by atoms with E-state index in [9.17, 15) is 88.6 Å². The van der Waals surface area contributed by atoms with Crippen molar-refractivity contribution in [1.82, 2.24) is 0 Å². The first-order chi connectivity index (χ1) is 15.0. The molecule has 0 fully saturated rings. The standard InChI is InChI=1S/C14H8F18O3/c15-7(16,9(19,20)11(23,24)13(27,28)29)3-1-5(33)35-6(34)2-4-8(17,18)10(21,22)12(25,26)14(30,31)32/h1-4H2. The first-order valence-corrected chi connectivity index (χ1v) is 8.13. The molecule has 0 N–H and O–H groups in total. The molecule has 0 rings (SSSR count). The third kappa shape index (κ3) is 6.18. The van der Waals surface area contributed by atoms with Crippen LogP contribution in [0.3, 0.4) is 0 Å². The second kappa shape index (κ2) is 9.40. The Morgan fingerprint density at radius 3 is 0.857 bits per heavy atom. The van der Waals surface area contributed by atoms with Crippen molar-refractivity contribution in [2.24, 2.45) is 0 Å². The average molecular weight is 566 g/mol. The Morgan fingerprint density at radius 2 is 0.657 bits per heavy atom. The second-order valence-electron chi connectivity index (χ2n) is 6.55. The molecule has 0 aliphatic rings. The molecule has 0 spiro atoms. The van der Waals surface area contributed by atoms with Crippen LogP contribution in [0.1, 0.15) is 25.7 Å². The van der Waals surface area contributed by atoms with Crippen LogP contribution in [0.4, 0.5) is 79.0 Å². The molecule has 0 aromatic rings. The summed E-state index contributed by atoms with van der Waals surface area (Å²) in [6, 6.07) is 0. The highest BCUT2D eigenvalue weighted by atomic mass is 19.4. The topological polar surface area (TPSA) is 43.4 Å². The predicted octanol–water partition coefficient (Wildman–Crippen LogP) is 6.55. The minimum atomic E-state index is -7.33. The molecule has 0 aliphatic heterocycles. The molecule has 0 bridgehead atoms. The van der Waals surface area contributed by atoms with Gasteiger partial charge in [-0.25, -0.2) is 0 Å². The number of alkyl halides is 18. The Balaban J connectivity index is 5.20. The van der Waals surface area contributed by atoms with Crippen LogP contribution < -0.4 is 0 Å². The van der Waals surface area contributed by atoms with E-state index < -0.39 is 85.5 Å². The fourth-order valence-corrected chi connectivity index (χ4v) is 1.88. The van der Waals surface area contributed by atoms with Gasteiger partial charge in [0, 0.05) is 12.8 Å². The normalized spacial score (nSPS) is 15.3. The molecule has 0 radical (unpaired) electrons. The Morgan fingerprint density at radius 1 is 0.429 bits per heavy atom. The number of esters is 2. The molecule has 0 aromatic heterocycles. The van der Waals surface area contributed by atoms with E-state index in [0.717, 1.165) is 0 Å². The fraction of sp³-hybridized carbons (Fsp3) is 0.857. The summed E-state index contributed by atoms with van der Waals surface area (Å²) in [5.41, 5.74) is 0. The van der Waals surface area contributed by atoms with E-state index >= 15 is 0 Å². The summed E-state index contributed by atoms with van der Waals surface area (Å²) in [5, 5.41) is 0. The molecular formula is C14H8F18O3. The molecular weight excluding hydrogens is 558 g/mol. The molecule has 0 atom stereocenters. The van der Waals surface area contributed by atoms with E-state index in [2.05, 4.69) is 4.74 Å². The van der Waals surface area contributed by atoms with Gasteiger partial charge in [-0.15, -0.1) is 0 Å². The third-order valence-electron chi connectivity index (χ3n) is 3.93. The lowest BCUT2D eigenvalue weighted by Gasteiger charge is -2.33. The zero-order valence-corrected chi connectivity index (χ0v) is 15.9. The van der Waals surface area contributed by atoms with Gasteiger partial charge in [0.05, 0.1) is 12.8 Å². The number of ether oxygens (including phenoxy) is 1. The summed E-state index contributed by atoms with van der Waals surface area (Å²) in [4.78, 5) is 22.1. The summed E-state index contributed by atoms with van der Waals surface area (Å²) in [5.74, 6) is -46.6. The SMILES string of the molecule is O=C(CCC(F)(F)C(F)(F)C(F)(F)C(F)(F)F)OC(=O)CCC(F)(F)C(F)(F)C(F)(F)C(F)(F)F. The van der Waals surface area contributed by atoms with E-state index in [1.54, 1.807) is 0 Å². The highest BCUT2D eigenvalue weighted by Gasteiger charge is 2.82. The van der Waals surface area contributed by atoms with Crippen LogP contribution in [0.15, 0.2) is 0 Å². The van der Waals surface area contributed by atoms with Gasteiger partial charge in [0.2, 0.25) is 0 Å². The molecule has 0 unspecified atom stereocenters. The van der Waals surface area contributed by atoms with Crippen LogP contribution in [0.2, 0.25) is 0 Å². The zero-order valence-electron chi connectivity index (χ0n) is 15.9. The third-order valence-corrected chi connectivity index (χ3v) is 3.93. The maximum Gasteiger partial charge on any atom is 0.460 e. The van der Waals surface area contributed by atoms with Crippen molar-refractivity contribution in [2.45, 2.75) is 73.6 Å². The molecule has 0 aliphatic carbocycles. The lowest BCUT2D eigenvalue weighted by atomic mass is 9.99. The van der Waals surface area contributed by atoms with Crippen LogP contribution in [-0.2, 0) is 14.3 Å². The smallest absolute Gasteiger partial charge is 0.393 e. The van der Waals surface area contributed by atoms with Crippen molar-refractivity contribution in [3.05, 3.63) is 0 Å². The lowest BCUT2D eigenvalue weighted by molar-refractivity contribution is -0.396. The molecule has 0 amide bonds. The van der Waals surface area contributed by atoms with Gasteiger partial charge in [0.25, 0.3) is 0 Å². The van der Waals surface area contributed by atoms with Crippen LogP contribution >= 0.6 is 0 Å². The van der Waals surface area contributed by atoms with Gasteiger partial charge < -0.3 is 4.74 Å². The Labute approximate surface area is 180 Å². The number of carbonyl (C=O) groups is 2. The largest absolute Gasteiger partial charge is 0.460 e. The Bertz CT molecular complexity index is 714. The van der Waals surface area contributed by atoms with Crippen molar-refractivity contribution >= 4 is 11.9 Å². The lowest BCUT2D eigenvalue weighted by Crippen LogP contribution is -2.61. The molecule has 0 saturated carbocycles. The number of rotatable bonds is 10. The van der Waals surface area contributed by atoms with Crippen molar-refractivity contribution < 1.29 is 93.4 Å². The summed E-state index contributed by atoms with van der Waals surface area (Å²) >= 11 is 0. The van der Waals surface area contributed by atoms with E-state index in [1.807, 2.05) is 0 Å². The predicted molar refractivity (Wildman–Crippen MR) is 71.4 cm³/mol. The summed E-state index contributed by atoms with van der Waals surface area (Å²) in [6.45, 7) is 0. The molecule has 0 heterocycles. The molecule has 21 heteroatoms. The first-order valence-electron chi connectivity index (χ1n) is 8.13. The van der Waals surface area contributed by atoms with Crippen molar-refractivity contribution in [3.63, 3.8) is 0 Å². The molecule has 3 nitrogen and oxygen atoms in total. The van der Waals surface area contributed by atoms with Crippen LogP contribution in [0.5, 0.6) is 0 Å². The van der Waals surface area contributed by atoms with Gasteiger partial charge >= 0.3 is 59.8 Å². The van der Waals surface area contributed by atoms with Gasteiger partial charge in [0.15, 0.2) is 0 Å². The monoisotopic (exact) mass is 566 g/mol. The van der Waals surface area contributed by atoms with Crippen molar-refractivity contribution in [2.75, 3.05) is 0 Å². The van der Waals surface area contributed by atoms with Crippen molar-refractivity contribution in [1.29, 1.82) is 0 Å². The van der Waals surface area contributed by atoms with Crippen LogP contribution in [0, 0.1) is 0 Å². The van der Waals surface area contributed by atoms with Gasteiger partial charge in [-0.05, 0) is 0 Å². The quantitative estimate of drug-likeness (QED) is 0.171. The number of halogens is 18. The first kappa shape index (κ1) is 32.9. The summed E-state index contributed by atoms with van der Waals surface area (Å²) in [6.07, 6.45) is -24.7. The Kier molecular flexibility index (Phi) is 8.83. The average Bonchev–Trinajstić information content (AvgIpc) is 2.62. The van der Waals surface area contributed by atoms with Gasteiger partial charge in [-0.3, -0.25) is 9.59 Å². The highest BCUT2D eigenvalue weighted by Crippen LogP contribution is 2.55. The minimum absolute atomic E-state index is 2.28. The molecule has 35 heavy (non-hydrogen) atoms. The van der Waals surface area contributed by atoms with Crippen LogP contribution in [-0.4, -0.2) is 59.8 Å². The zero-order chi connectivity index (χ0) is 28.7. The molecule has 0 aromatic carbocycles. The highest BCUT2D eigenvalue weighted by molar-refractivity contribution is 5.85. The number of carbonyl (C=O) groups excluding carboxylic acids is 2. The molecule has 208 valence electrons. The molecule has 0 saturated heterocycles. The van der Waals surface area contributed by atoms with Gasteiger partial charge in [-0.1, -0.05) is 0 Å². The maximum absolute atomic E-state index is 13.2. The van der Waals surface area contributed by atoms with Crippen LogP contribution in [0.25, 0.3) is 0 Å². The van der Waals surface area contributed by atoms with E-state index in [1.165, 1.54) is 0 Å². The Hall–Kier alpha value is -2.12. The minimum Gasteiger partial charge on any atom is -0.393 e. The number of hydrogen-bond donors (Lipinski definition) is 0. The summed E-state index contributed by atoms with van der Waals surface area (Å²) in [7, 11) is 0. The maximum atomic E-state index is 13.2. The van der Waals surface area contributed by atoms with E-state index in [4.69, 9.17) is 0 Å². The fourth-order valence-electron chi connectivity index (χ4n) is 1.88. The second-order valence-corrected chi connectivity index (χ2v) is 6.55. The van der Waals surface area contributed by atoms with Crippen molar-refractivity contribution in [3.8, 4) is 0 Å². The van der Waals surface area contributed by atoms with Gasteiger partial charge in [-0.2, -0.15) is 79.0 Å². The van der Waals surface area contributed by atoms with E-state index in [0.29, 0.717) is 0 Å².